The Labute approximate surface area is 103 Å². The molecule has 1 aromatic rings. The summed E-state index contributed by atoms with van der Waals surface area (Å²) in [6, 6.07) is 1.69. The first kappa shape index (κ1) is 14.1. The van der Waals surface area contributed by atoms with Crippen LogP contribution in [0.15, 0.2) is 12.1 Å². The maximum atomic E-state index is 13.7. The molecule has 0 aliphatic carbocycles. The van der Waals surface area contributed by atoms with E-state index in [1.165, 1.54) is 6.92 Å². The van der Waals surface area contributed by atoms with Gasteiger partial charge in [0.2, 0.25) is 0 Å². The van der Waals surface area contributed by atoms with E-state index in [2.05, 4.69) is 4.74 Å². The summed E-state index contributed by atoms with van der Waals surface area (Å²) in [5.74, 6) is -3.13. The van der Waals surface area contributed by atoms with Gasteiger partial charge in [0.05, 0.1) is 6.61 Å². The second-order valence-corrected chi connectivity index (χ2v) is 3.90. The van der Waals surface area contributed by atoms with Gasteiger partial charge >= 0.3 is 5.97 Å². The average Bonchev–Trinajstić information content (AvgIpc) is 2.27. The minimum atomic E-state index is -2.03. The average molecular weight is 257 g/mol. The van der Waals surface area contributed by atoms with Crippen LogP contribution >= 0.6 is 0 Å². The lowest BCUT2D eigenvalue weighted by atomic mass is 9.83. The zero-order valence-corrected chi connectivity index (χ0v) is 10.00. The van der Waals surface area contributed by atoms with E-state index in [-0.39, 0.29) is 18.6 Å². The van der Waals surface area contributed by atoms with Crippen LogP contribution in [0.25, 0.3) is 0 Å². The Hall–Kier alpha value is -1.98. The second-order valence-electron chi connectivity index (χ2n) is 3.90. The molecule has 0 aromatic heterocycles. The largest absolute Gasteiger partial charge is 0.465 e. The minimum Gasteiger partial charge on any atom is -0.465 e. The maximum absolute atomic E-state index is 13.7. The van der Waals surface area contributed by atoms with Gasteiger partial charge in [0.1, 0.15) is 17.9 Å². The summed E-state index contributed by atoms with van der Waals surface area (Å²) in [6.45, 7) is 2.62. The normalized spacial score (nSPS) is 13.8. The van der Waals surface area contributed by atoms with Crippen LogP contribution in [0.3, 0.4) is 0 Å². The van der Waals surface area contributed by atoms with Crippen LogP contribution in [-0.4, -0.2) is 18.9 Å². The monoisotopic (exact) mass is 257 g/mol. The predicted octanol–water partition coefficient (Wildman–Crippen LogP) is 1.57. The fourth-order valence-corrected chi connectivity index (χ4v) is 1.58. The van der Waals surface area contributed by atoms with E-state index in [0.29, 0.717) is 0 Å². The van der Waals surface area contributed by atoms with Crippen LogP contribution in [0.5, 0.6) is 0 Å². The smallest absolute Gasteiger partial charge is 0.323 e. The lowest BCUT2D eigenvalue weighted by Crippen LogP contribution is -2.38. The van der Waals surface area contributed by atoms with Gasteiger partial charge < -0.3 is 15.3 Å². The highest BCUT2D eigenvalue weighted by atomic mass is 19.1. The Morgan fingerprint density at radius 3 is 2.33 bits per heavy atom. The number of carbonyl (C=O) groups excluding carboxylic acids is 2. The van der Waals surface area contributed by atoms with Crippen molar-refractivity contribution < 1.29 is 23.1 Å². The Balaban J connectivity index is 3.41. The van der Waals surface area contributed by atoms with E-state index in [9.17, 15) is 18.4 Å². The molecule has 0 fully saturated rings. The lowest BCUT2D eigenvalue weighted by Gasteiger charge is -2.22. The number of nitrogens with two attached hydrogens (primary N) is 1. The zero-order valence-electron chi connectivity index (χ0n) is 10.00. The van der Waals surface area contributed by atoms with E-state index in [1.54, 1.807) is 0 Å². The van der Waals surface area contributed by atoms with E-state index in [1.807, 2.05) is 0 Å². The molecule has 0 amide bonds. The van der Waals surface area contributed by atoms with E-state index in [4.69, 9.17) is 5.73 Å². The summed E-state index contributed by atoms with van der Waals surface area (Å²) >= 11 is 0. The van der Waals surface area contributed by atoms with Crippen molar-refractivity contribution in [3.05, 3.63) is 29.3 Å². The van der Waals surface area contributed by atoms with Crippen molar-refractivity contribution in [3.8, 4) is 0 Å². The highest BCUT2D eigenvalue weighted by molar-refractivity contribution is 5.99. The van der Waals surface area contributed by atoms with E-state index in [0.717, 1.165) is 19.1 Å². The van der Waals surface area contributed by atoms with Crippen molar-refractivity contribution in [3.63, 3.8) is 0 Å². The summed E-state index contributed by atoms with van der Waals surface area (Å²) in [7, 11) is 0. The third-order valence-corrected chi connectivity index (χ3v) is 2.52. The van der Waals surface area contributed by atoms with Crippen molar-refractivity contribution in [1.29, 1.82) is 0 Å². The van der Waals surface area contributed by atoms with Gasteiger partial charge in [-0.25, -0.2) is 8.78 Å². The molecule has 1 aromatic carbocycles. The van der Waals surface area contributed by atoms with Crippen LogP contribution in [0.2, 0.25) is 0 Å². The predicted molar refractivity (Wildman–Crippen MR) is 60.8 cm³/mol. The van der Waals surface area contributed by atoms with Crippen molar-refractivity contribution >= 4 is 17.9 Å². The molecule has 0 radical (unpaired) electrons. The first-order valence-corrected chi connectivity index (χ1v) is 5.25. The topological polar surface area (TPSA) is 69.4 Å². The Kier molecular flexibility index (Phi) is 4.00. The van der Waals surface area contributed by atoms with Gasteiger partial charge in [-0.1, -0.05) is 0 Å². The molecule has 0 heterocycles. The molecule has 4 nitrogen and oxygen atoms in total. The summed E-state index contributed by atoms with van der Waals surface area (Å²) in [6.07, 6.45) is 0.155. The van der Waals surface area contributed by atoms with Gasteiger partial charge in [-0.15, -0.1) is 0 Å². The van der Waals surface area contributed by atoms with Gasteiger partial charge in [0, 0.05) is 11.3 Å². The number of anilines is 1. The van der Waals surface area contributed by atoms with Gasteiger partial charge in [-0.05, 0) is 26.0 Å². The Bertz CT molecular complexity index is 467. The molecular formula is C12H13F2NO3. The molecule has 0 aliphatic heterocycles. The summed E-state index contributed by atoms with van der Waals surface area (Å²) in [5.41, 5.74) is 2.44. The van der Waals surface area contributed by atoms with Crippen LogP contribution in [-0.2, 0) is 19.7 Å². The van der Waals surface area contributed by atoms with Crippen LogP contribution < -0.4 is 5.73 Å². The summed E-state index contributed by atoms with van der Waals surface area (Å²) in [4.78, 5) is 22.7. The van der Waals surface area contributed by atoms with Crippen molar-refractivity contribution in [2.45, 2.75) is 19.3 Å². The molecule has 98 valence electrons. The highest BCUT2D eigenvalue weighted by Crippen LogP contribution is 2.30. The zero-order chi connectivity index (χ0) is 13.9. The molecule has 0 saturated heterocycles. The number of carbonyl (C=O) groups is 2. The van der Waals surface area contributed by atoms with Crippen LogP contribution in [0.1, 0.15) is 19.4 Å². The number of ether oxygens (including phenoxy) is 1. The van der Waals surface area contributed by atoms with E-state index < -0.39 is 28.6 Å². The molecule has 2 N–H and O–H groups in total. The van der Waals surface area contributed by atoms with Crippen molar-refractivity contribution in [2.24, 2.45) is 0 Å². The fourth-order valence-electron chi connectivity index (χ4n) is 1.58. The fraction of sp³-hybridized carbons (Fsp3) is 0.333. The van der Waals surface area contributed by atoms with Crippen molar-refractivity contribution in [2.75, 3.05) is 12.3 Å². The molecule has 1 rings (SSSR count). The third kappa shape index (κ3) is 2.32. The number of hydrogen-bond donors (Lipinski definition) is 1. The Morgan fingerprint density at radius 1 is 1.44 bits per heavy atom. The third-order valence-electron chi connectivity index (χ3n) is 2.52. The minimum absolute atomic E-state index is 0.000470. The van der Waals surface area contributed by atoms with Gasteiger partial charge in [-0.3, -0.25) is 4.79 Å². The van der Waals surface area contributed by atoms with Gasteiger partial charge in [0.15, 0.2) is 5.41 Å². The van der Waals surface area contributed by atoms with E-state index >= 15 is 0 Å². The molecule has 18 heavy (non-hydrogen) atoms. The molecule has 0 spiro atoms. The summed E-state index contributed by atoms with van der Waals surface area (Å²) in [5, 5.41) is 0. The second kappa shape index (κ2) is 5.12. The molecule has 0 saturated carbocycles. The van der Waals surface area contributed by atoms with Crippen molar-refractivity contribution in [1.82, 2.24) is 0 Å². The molecular weight excluding hydrogens is 244 g/mol. The number of nitrogen functional groups attached to an aromatic ring is 1. The number of halogens is 2. The highest BCUT2D eigenvalue weighted by Gasteiger charge is 2.41. The lowest BCUT2D eigenvalue weighted by molar-refractivity contribution is -0.151. The molecule has 0 bridgehead atoms. The van der Waals surface area contributed by atoms with Gasteiger partial charge in [0.25, 0.3) is 0 Å². The van der Waals surface area contributed by atoms with Crippen LogP contribution in [0, 0.1) is 11.6 Å². The SMILES string of the molecule is CCOC(=O)C(C)(C=O)c1c(F)cc(N)cc1F. The molecule has 0 aliphatic rings. The first-order chi connectivity index (χ1) is 8.36. The molecule has 6 heteroatoms. The van der Waals surface area contributed by atoms with Gasteiger partial charge in [-0.2, -0.15) is 0 Å². The standard InChI is InChI=1S/C12H13F2NO3/c1-3-18-11(17)12(2,6-16)10-8(13)4-7(15)5-9(10)14/h4-6H,3,15H2,1-2H3. The van der Waals surface area contributed by atoms with Crippen LogP contribution in [0.4, 0.5) is 14.5 Å². The molecule has 1 atom stereocenters. The number of aldehydes is 1. The Morgan fingerprint density at radius 2 is 1.94 bits per heavy atom. The quantitative estimate of drug-likeness (QED) is 0.384. The first-order valence-electron chi connectivity index (χ1n) is 5.25. The number of esters is 1. The number of hydrogen-bond acceptors (Lipinski definition) is 4. The molecule has 1 unspecified atom stereocenters. The summed E-state index contributed by atoms with van der Waals surface area (Å²) < 4.78 is 32.1. The number of benzene rings is 1. The maximum Gasteiger partial charge on any atom is 0.323 e. The number of rotatable bonds is 4.